The Balaban J connectivity index is 1.29. The van der Waals surface area contributed by atoms with Crippen LogP contribution >= 0.6 is 0 Å². The van der Waals surface area contributed by atoms with E-state index in [0.717, 1.165) is 50.0 Å². The third-order valence-electron chi connectivity index (χ3n) is 7.86. The lowest BCUT2D eigenvalue weighted by Crippen LogP contribution is -2.48. The van der Waals surface area contributed by atoms with Gasteiger partial charge in [0.1, 0.15) is 17.1 Å². The third kappa shape index (κ3) is 3.83. The fourth-order valence-corrected chi connectivity index (χ4v) is 7.04. The van der Waals surface area contributed by atoms with Crippen molar-refractivity contribution < 1.29 is 23.2 Å². The summed E-state index contributed by atoms with van der Waals surface area (Å²) in [7, 11) is -1.74. The molecule has 0 spiro atoms. The summed E-state index contributed by atoms with van der Waals surface area (Å²) in [5.74, 6) is 0.793. The highest BCUT2D eigenvalue weighted by atomic mass is 32.2. The lowest BCUT2D eigenvalue weighted by molar-refractivity contribution is 0.0509. The van der Waals surface area contributed by atoms with Gasteiger partial charge in [0.2, 0.25) is 0 Å². The quantitative estimate of drug-likeness (QED) is 0.666. The fourth-order valence-electron chi connectivity index (χ4n) is 5.99. The van der Waals surface area contributed by atoms with Gasteiger partial charge < -0.3 is 19.5 Å². The number of fused-ring (bicyclic) bond motifs is 6. The summed E-state index contributed by atoms with van der Waals surface area (Å²) >= 11 is 0. The summed E-state index contributed by atoms with van der Waals surface area (Å²) in [6.45, 7) is 3.77. The Morgan fingerprint density at radius 3 is 2.76 bits per heavy atom. The topological polar surface area (TPSA) is 78.9 Å². The molecule has 174 valence electrons. The minimum Gasteiger partial charge on any atom is -0.492 e. The van der Waals surface area contributed by atoms with Gasteiger partial charge in [0.25, 0.3) is 0 Å². The average Bonchev–Trinajstić information content (AvgIpc) is 3.60. The summed E-state index contributed by atoms with van der Waals surface area (Å²) in [4.78, 5) is 15.1. The number of carbonyl (C=O) groups is 1. The molecular weight excluding hydrogens is 443 g/mol. The molecule has 2 aromatic carbocycles. The Bertz CT molecular complexity index is 1150. The number of anilines is 1. The van der Waals surface area contributed by atoms with Gasteiger partial charge in [-0.2, -0.15) is 0 Å². The Morgan fingerprint density at radius 1 is 1.21 bits per heavy atom. The van der Waals surface area contributed by atoms with Crippen LogP contribution in [-0.4, -0.2) is 46.4 Å². The van der Waals surface area contributed by atoms with Crippen LogP contribution in [0.4, 0.5) is 10.1 Å². The lowest BCUT2D eigenvalue weighted by Gasteiger charge is -2.45. The molecule has 8 heteroatoms. The molecule has 2 N–H and O–H groups in total. The fraction of sp³-hybridized carbons (Fsp3) is 0.480. The molecule has 2 aromatic rings. The minimum atomic E-state index is -1.74. The van der Waals surface area contributed by atoms with E-state index in [1.807, 2.05) is 6.07 Å². The monoisotopic (exact) mass is 470 g/mol. The van der Waals surface area contributed by atoms with Crippen molar-refractivity contribution in [2.45, 2.75) is 36.5 Å². The number of carboxylic acids is 1. The van der Waals surface area contributed by atoms with Crippen LogP contribution in [0.3, 0.4) is 0 Å². The van der Waals surface area contributed by atoms with Crippen LogP contribution in [0.2, 0.25) is 0 Å². The average molecular weight is 471 g/mol. The van der Waals surface area contributed by atoms with Crippen LogP contribution in [-0.2, 0) is 17.4 Å². The zero-order valence-corrected chi connectivity index (χ0v) is 19.1. The SMILES string of the molecule is O=C(O)c1c(NS(=O)c2ccc(F)cc2CC2CN3CCC2CC3)ccc2c1OCC1CC21. The van der Waals surface area contributed by atoms with Crippen LogP contribution < -0.4 is 9.46 Å². The Kier molecular flexibility index (Phi) is 5.18. The molecule has 6 nitrogen and oxygen atoms in total. The smallest absolute Gasteiger partial charge is 0.341 e. The van der Waals surface area contributed by atoms with E-state index in [9.17, 15) is 18.5 Å². The van der Waals surface area contributed by atoms with E-state index in [2.05, 4.69) is 9.62 Å². The molecule has 0 radical (unpaired) electrons. The summed E-state index contributed by atoms with van der Waals surface area (Å²) in [6.07, 6.45) is 4.01. The molecule has 4 unspecified atom stereocenters. The highest BCUT2D eigenvalue weighted by Crippen LogP contribution is 2.55. The molecular formula is C25H27FN2O4S. The standard InChI is InChI=1S/C25H27FN2O4S/c26-18-1-4-22(15(10-18)9-16-12-28-7-5-14(16)6-8-28)33(31)27-21-3-2-19-20-11-17(20)13-32-24(19)23(21)25(29)30/h1-4,10,14,16-17,20,27H,5-9,11-13H2,(H,29,30). The number of hydrogen-bond acceptors (Lipinski definition) is 4. The molecule has 3 saturated heterocycles. The van der Waals surface area contributed by atoms with Crippen molar-refractivity contribution in [2.75, 3.05) is 31.0 Å². The number of aromatic carboxylic acids is 1. The Labute approximate surface area is 194 Å². The van der Waals surface area contributed by atoms with Crippen molar-refractivity contribution >= 4 is 22.6 Å². The molecule has 2 bridgehead atoms. The molecule has 4 atom stereocenters. The predicted molar refractivity (Wildman–Crippen MR) is 123 cm³/mol. The molecule has 4 aliphatic heterocycles. The highest BCUT2D eigenvalue weighted by molar-refractivity contribution is 7.86. The lowest BCUT2D eigenvalue weighted by atomic mass is 9.76. The van der Waals surface area contributed by atoms with Gasteiger partial charge in [0.05, 0.1) is 17.2 Å². The number of rotatable bonds is 6. The third-order valence-corrected chi connectivity index (χ3v) is 9.07. The zero-order chi connectivity index (χ0) is 22.7. The van der Waals surface area contributed by atoms with Gasteiger partial charge >= 0.3 is 5.97 Å². The van der Waals surface area contributed by atoms with Crippen LogP contribution in [0.25, 0.3) is 0 Å². The maximum Gasteiger partial charge on any atom is 0.341 e. The maximum absolute atomic E-state index is 14.2. The molecule has 4 fully saturated rings. The van der Waals surface area contributed by atoms with Gasteiger partial charge in [-0.05, 0) is 91.9 Å². The van der Waals surface area contributed by atoms with Gasteiger partial charge in [-0.1, -0.05) is 6.07 Å². The largest absolute Gasteiger partial charge is 0.492 e. The van der Waals surface area contributed by atoms with E-state index >= 15 is 0 Å². The normalized spacial score (nSPS) is 30.0. The first-order valence-corrected chi connectivity index (χ1v) is 12.8. The van der Waals surface area contributed by atoms with Crippen molar-refractivity contribution in [2.24, 2.45) is 17.8 Å². The summed E-state index contributed by atoms with van der Waals surface area (Å²) < 4.78 is 36.2. The van der Waals surface area contributed by atoms with Crippen LogP contribution in [0.1, 0.15) is 46.7 Å². The van der Waals surface area contributed by atoms with E-state index in [1.165, 1.54) is 12.1 Å². The molecule has 7 rings (SSSR count). The molecule has 5 aliphatic rings. The van der Waals surface area contributed by atoms with Crippen molar-refractivity contribution in [1.29, 1.82) is 0 Å². The number of nitrogens with zero attached hydrogens (tertiary/aromatic N) is 1. The molecule has 0 aromatic heterocycles. The molecule has 33 heavy (non-hydrogen) atoms. The van der Waals surface area contributed by atoms with E-state index in [1.54, 1.807) is 12.1 Å². The van der Waals surface area contributed by atoms with Crippen LogP contribution in [0.5, 0.6) is 5.75 Å². The Hall–Kier alpha value is -2.45. The van der Waals surface area contributed by atoms with Crippen LogP contribution in [0, 0.1) is 23.6 Å². The van der Waals surface area contributed by atoms with E-state index in [4.69, 9.17) is 4.74 Å². The number of piperidine rings is 3. The van der Waals surface area contributed by atoms with Gasteiger partial charge in [-0.3, -0.25) is 0 Å². The minimum absolute atomic E-state index is 0.0206. The first kappa shape index (κ1) is 21.1. The number of halogens is 1. The highest BCUT2D eigenvalue weighted by Gasteiger charge is 2.45. The summed E-state index contributed by atoms with van der Waals surface area (Å²) in [6, 6.07) is 7.91. The molecule has 0 amide bonds. The van der Waals surface area contributed by atoms with Gasteiger partial charge in [-0.15, -0.1) is 0 Å². The Morgan fingerprint density at radius 2 is 2.03 bits per heavy atom. The van der Waals surface area contributed by atoms with Gasteiger partial charge in [0.15, 0.2) is 11.0 Å². The summed E-state index contributed by atoms with van der Waals surface area (Å²) in [5.41, 5.74) is 1.93. The van der Waals surface area contributed by atoms with E-state index in [-0.39, 0.29) is 17.1 Å². The first-order valence-electron chi connectivity index (χ1n) is 11.7. The van der Waals surface area contributed by atoms with Crippen molar-refractivity contribution in [3.05, 3.63) is 52.8 Å². The number of ether oxygens (including phenoxy) is 1. The zero-order valence-electron chi connectivity index (χ0n) is 18.3. The molecule has 1 saturated carbocycles. The number of hydrogen-bond donors (Lipinski definition) is 2. The second-order valence-corrected chi connectivity index (χ2v) is 11.0. The second-order valence-electron chi connectivity index (χ2n) is 9.85. The van der Waals surface area contributed by atoms with Crippen molar-refractivity contribution in [1.82, 2.24) is 4.90 Å². The van der Waals surface area contributed by atoms with Crippen molar-refractivity contribution in [3.8, 4) is 5.75 Å². The number of carboxylic acid groups (broad SMARTS) is 1. The van der Waals surface area contributed by atoms with E-state index < -0.39 is 17.0 Å². The second kappa shape index (κ2) is 8.09. The van der Waals surface area contributed by atoms with E-state index in [0.29, 0.717) is 47.3 Å². The van der Waals surface area contributed by atoms with Crippen LogP contribution in [0.15, 0.2) is 35.2 Å². The van der Waals surface area contributed by atoms with Gasteiger partial charge in [-0.25, -0.2) is 13.4 Å². The first-order chi connectivity index (χ1) is 16.0. The predicted octanol–water partition coefficient (Wildman–Crippen LogP) is 4.04. The molecule has 1 aliphatic carbocycles. The number of nitrogens with one attached hydrogen (secondary N) is 1. The van der Waals surface area contributed by atoms with Crippen molar-refractivity contribution in [3.63, 3.8) is 0 Å². The summed E-state index contributed by atoms with van der Waals surface area (Å²) in [5, 5.41) is 9.90. The maximum atomic E-state index is 14.2. The van der Waals surface area contributed by atoms with Gasteiger partial charge in [0, 0.05) is 12.5 Å². The molecule has 4 heterocycles. The number of benzene rings is 2.